The molecule has 0 spiro atoms. The van der Waals surface area contributed by atoms with Crippen molar-refractivity contribution < 1.29 is 14.3 Å². The summed E-state index contributed by atoms with van der Waals surface area (Å²) in [6.07, 6.45) is -0.172. The molecule has 0 aliphatic carbocycles. The van der Waals surface area contributed by atoms with Gasteiger partial charge in [-0.1, -0.05) is 24.1 Å². The molecule has 1 amide bonds. The first-order valence-electron chi connectivity index (χ1n) is 5.31. The highest BCUT2D eigenvalue weighted by Gasteiger charge is 2.05. The average Bonchev–Trinajstić information content (AvgIpc) is 2.37. The molecule has 0 aromatic heterocycles. The summed E-state index contributed by atoms with van der Waals surface area (Å²) in [6.45, 7) is 0.0699. The molecule has 0 radical (unpaired) electrons. The van der Waals surface area contributed by atoms with Gasteiger partial charge in [0.15, 0.2) is 0 Å². The van der Waals surface area contributed by atoms with Gasteiger partial charge in [-0.2, -0.15) is 0 Å². The summed E-state index contributed by atoms with van der Waals surface area (Å²) >= 11 is 1.87. The number of nitrogens with one attached hydrogen (secondary N) is 1. The third kappa shape index (κ3) is 6.25. The lowest BCUT2D eigenvalue weighted by atomic mass is 10.2. The molecule has 4 nitrogen and oxygen atoms in total. The van der Waals surface area contributed by atoms with Crippen LogP contribution in [0.15, 0.2) is 30.3 Å². The lowest BCUT2D eigenvalue weighted by molar-refractivity contribution is -0.118. The number of ether oxygens (including phenoxy) is 1. The molecule has 18 heavy (non-hydrogen) atoms. The molecule has 1 rings (SSSR count). The number of benzene rings is 1. The first-order chi connectivity index (χ1) is 8.72. The van der Waals surface area contributed by atoms with Gasteiger partial charge in [0, 0.05) is 34.7 Å². The average molecular weight is 357 g/mol. The molecule has 1 aromatic rings. The maximum absolute atomic E-state index is 11.3. The zero-order chi connectivity index (χ0) is 13.2. The van der Waals surface area contributed by atoms with Crippen molar-refractivity contribution in [1.29, 1.82) is 0 Å². The minimum Gasteiger partial charge on any atom is -0.449 e. The number of carbonyl (C=O) groups is 2. The summed E-state index contributed by atoms with van der Waals surface area (Å²) in [6, 6.07) is 8.97. The molecule has 0 saturated heterocycles. The fraction of sp³-hybridized carbons (Fsp3) is 0.231. The number of hydrogen-bond acceptors (Lipinski definition) is 3. The van der Waals surface area contributed by atoms with E-state index in [1.165, 1.54) is 0 Å². The second kappa shape index (κ2) is 8.53. The Morgan fingerprint density at radius 2 is 2.00 bits per heavy atom. The molecule has 0 bridgehead atoms. The van der Waals surface area contributed by atoms with Gasteiger partial charge in [0.2, 0.25) is 0 Å². The molecule has 5 heteroatoms. The quantitative estimate of drug-likeness (QED) is 0.651. The van der Waals surface area contributed by atoms with Crippen LogP contribution in [0.1, 0.15) is 12.8 Å². The number of para-hydroxylation sites is 1. The van der Waals surface area contributed by atoms with E-state index in [0.29, 0.717) is 5.69 Å². The number of Topliss-reactive ketones (excluding diaryl/α,β-unsaturated/α-hetero) is 1. The minimum absolute atomic E-state index is 0.0355. The summed E-state index contributed by atoms with van der Waals surface area (Å²) in [5.74, 6) is 2.62. The molecule has 0 heterocycles. The van der Waals surface area contributed by atoms with Crippen LogP contribution in [-0.2, 0) is 9.53 Å². The van der Waals surface area contributed by atoms with E-state index in [-0.39, 0.29) is 25.2 Å². The van der Waals surface area contributed by atoms with Gasteiger partial charge in [0.25, 0.3) is 0 Å². The number of hydrogen-bond donors (Lipinski definition) is 1. The first-order valence-corrected chi connectivity index (χ1v) is 6.39. The standard InChI is InChI=1S/C13H12INO3/c14-9-4-7-12(16)8-10-18-13(17)15-11-5-2-1-3-6-11/h1-3,5-6H,7-8,10H2,(H,15,17). The molecule has 1 N–H and O–H groups in total. The number of rotatable bonds is 5. The van der Waals surface area contributed by atoms with Crippen LogP contribution in [0.4, 0.5) is 10.5 Å². The van der Waals surface area contributed by atoms with Crippen LogP contribution in [0.3, 0.4) is 0 Å². The number of carbonyl (C=O) groups excluding carboxylic acids is 2. The van der Waals surface area contributed by atoms with Crippen LogP contribution in [0, 0.1) is 9.85 Å². The van der Waals surface area contributed by atoms with Crippen molar-refractivity contribution in [3.63, 3.8) is 0 Å². The Balaban J connectivity index is 2.21. The number of halogens is 1. The SMILES string of the molecule is O=C(CC#CI)CCOC(=O)Nc1ccccc1. The monoisotopic (exact) mass is 357 g/mol. The van der Waals surface area contributed by atoms with E-state index in [9.17, 15) is 9.59 Å². The number of ketones is 1. The van der Waals surface area contributed by atoms with Crippen LogP contribution >= 0.6 is 22.6 Å². The second-order valence-corrected chi connectivity index (χ2v) is 3.90. The molecule has 0 unspecified atom stereocenters. The Bertz CT molecular complexity index is 462. The molecule has 0 saturated carbocycles. The van der Waals surface area contributed by atoms with Crippen molar-refractivity contribution in [1.82, 2.24) is 0 Å². The van der Waals surface area contributed by atoms with Gasteiger partial charge >= 0.3 is 6.09 Å². The van der Waals surface area contributed by atoms with E-state index in [4.69, 9.17) is 4.74 Å². The summed E-state index contributed by atoms with van der Waals surface area (Å²) in [7, 11) is 0. The highest BCUT2D eigenvalue weighted by atomic mass is 127. The minimum atomic E-state index is -0.561. The molecule has 0 aliphatic rings. The van der Waals surface area contributed by atoms with Crippen molar-refractivity contribution in [2.45, 2.75) is 12.8 Å². The Labute approximate surface area is 119 Å². The van der Waals surface area contributed by atoms with Crippen molar-refractivity contribution in [2.75, 3.05) is 11.9 Å². The summed E-state index contributed by atoms with van der Waals surface area (Å²) in [5.41, 5.74) is 0.657. The zero-order valence-corrected chi connectivity index (χ0v) is 11.8. The zero-order valence-electron chi connectivity index (χ0n) is 9.61. The molecule has 0 fully saturated rings. The van der Waals surface area contributed by atoms with Crippen LogP contribution in [-0.4, -0.2) is 18.5 Å². The third-order valence-electron chi connectivity index (χ3n) is 1.99. The predicted molar refractivity (Wildman–Crippen MR) is 77.4 cm³/mol. The van der Waals surface area contributed by atoms with Gasteiger partial charge < -0.3 is 4.74 Å². The maximum atomic E-state index is 11.3. The topological polar surface area (TPSA) is 55.4 Å². The van der Waals surface area contributed by atoms with Crippen molar-refractivity contribution in [2.24, 2.45) is 0 Å². The fourth-order valence-corrected chi connectivity index (χ4v) is 1.34. The first kappa shape index (κ1) is 14.5. The van der Waals surface area contributed by atoms with Gasteiger partial charge in [-0.25, -0.2) is 4.79 Å². The lowest BCUT2D eigenvalue weighted by Crippen LogP contribution is -2.15. The van der Waals surface area contributed by atoms with Crippen LogP contribution < -0.4 is 5.32 Å². The molecule has 94 valence electrons. The van der Waals surface area contributed by atoms with E-state index in [1.54, 1.807) is 12.1 Å². The van der Waals surface area contributed by atoms with Gasteiger partial charge in [-0.05, 0) is 16.1 Å². The normalized spacial score (nSPS) is 8.94. The van der Waals surface area contributed by atoms with Crippen molar-refractivity contribution in [3.05, 3.63) is 30.3 Å². The predicted octanol–water partition coefficient (Wildman–Crippen LogP) is 2.98. The molecule has 0 atom stereocenters. The van der Waals surface area contributed by atoms with E-state index in [1.807, 2.05) is 40.8 Å². The lowest BCUT2D eigenvalue weighted by Gasteiger charge is -2.05. The largest absolute Gasteiger partial charge is 0.449 e. The molecular formula is C13H12INO3. The summed E-state index contributed by atoms with van der Waals surface area (Å²) in [4.78, 5) is 22.6. The van der Waals surface area contributed by atoms with Crippen molar-refractivity contribution >= 4 is 40.2 Å². The Kier molecular flexibility index (Phi) is 6.87. The van der Waals surface area contributed by atoms with E-state index in [2.05, 4.69) is 15.2 Å². The number of anilines is 1. The van der Waals surface area contributed by atoms with E-state index >= 15 is 0 Å². The van der Waals surface area contributed by atoms with Gasteiger partial charge in [0.1, 0.15) is 12.4 Å². The second-order valence-electron chi connectivity index (χ2n) is 3.36. The van der Waals surface area contributed by atoms with Crippen molar-refractivity contribution in [3.8, 4) is 9.85 Å². The number of amides is 1. The van der Waals surface area contributed by atoms with Crippen LogP contribution in [0.25, 0.3) is 0 Å². The Morgan fingerprint density at radius 1 is 1.28 bits per heavy atom. The van der Waals surface area contributed by atoms with E-state index < -0.39 is 6.09 Å². The van der Waals surface area contributed by atoms with Gasteiger partial charge in [0.05, 0.1) is 6.42 Å². The van der Waals surface area contributed by atoms with Crippen LogP contribution in [0.5, 0.6) is 0 Å². The van der Waals surface area contributed by atoms with E-state index in [0.717, 1.165) is 0 Å². The highest BCUT2D eigenvalue weighted by molar-refractivity contribution is 14.1. The van der Waals surface area contributed by atoms with Gasteiger partial charge in [-0.3, -0.25) is 10.1 Å². The summed E-state index contributed by atoms with van der Waals surface area (Å²) in [5, 5.41) is 2.56. The molecular weight excluding hydrogens is 345 g/mol. The maximum Gasteiger partial charge on any atom is 0.411 e. The Morgan fingerprint density at radius 3 is 2.67 bits per heavy atom. The van der Waals surface area contributed by atoms with Gasteiger partial charge in [-0.15, -0.1) is 0 Å². The highest BCUT2D eigenvalue weighted by Crippen LogP contribution is 2.05. The fourth-order valence-electron chi connectivity index (χ4n) is 1.15. The van der Waals surface area contributed by atoms with Crippen LogP contribution in [0.2, 0.25) is 0 Å². The Hall–Kier alpha value is -1.55. The third-order valence-corrected chi connectivity index (χ3v) is 2.37. The molecule has 1 aromatic carbocycles. The smallest absolute Gasteiger partial charge is 0.411 e. The summed E-state index contributed by atoms with van der Waals surface area (Å²) < 4.78 is 7.49. The molecule has 0 aliphatic heterocycles.